The SMILES string of the molecule is Cc1cc(-c2ccc(F)cc2)cn1Cc1cc(Br)ccc1[N+](=O)[O-].O=C=O. The molecule has 0 atom stereocenters. The van der Waals surface area contributed by atoms with Crippen LogP contribution in [0, 0.1) is 22.9 Å². The van der Waals surface area contributed by atoms with Gasteiger partial charge in [-0.25, -0.2) is 4.39 Å². The molecule has 0 aliphatic rings. The van der Waals surface area contributed by atoms with Gasteiger partial charge in [-0.3, -0.25) is 10.1 Å². The first-order valence-corrected chi connectivity index (χ1v) is 8.49. The van der Waals surface area contributed by atoms with E-state index in [2.05, 4.69) is 15.9 Å². The van der Waals surface area contributed by atoms with Gasteiger partial charge in [-0.15, -0.1) is 0 Å². The molecule has 0 unspecified atom stereocenters. The van der Waals surface area contributed by atoms with Crippen LogP contribution in [0.1, 0.15) is 11.3 Å². The van der Waals surface area contributed by atoms with Crippen LogP contribution in [0.4, 0.5) is 10.1 Å². The van der Waals surface area contributed by atoms with Crippen molar-refractivity contribution in [1.29, 1.82) is 0 Å². The van der Waals surface area contributed by atoms with E-state index in [1.165, 1.54) is 18.2 Å². The van der Waals surface area contributed by atoms with E-state index in [9.17, 15) is 14.5 Å². The minimum absolute atomic E-state index is 0.0923. The third-order valence-corrected chi connectivity index (χ3v) is 4.36. The van der Waals surface area contributed by atoms with Crippen molar-refractivity contribution in [3.8, 4) is 11.1 Å². The van der Waals surface area contributed by atoms with Gasteiger partial charge >= 0.3 is 6.15 Å². The van der Waals surface area contributed by atoms with Crippen LogP contribution in [-0.4, -0.2) is 15.6 Å². The van der Waals surface area contributed by atoms with Crippen LogP contribution in [0.5, 0.6) is 0 Å². The van der Waals surface area contributed by atoms with Crippen molar-refractivity contribution in [2.45, 2.75) is 13.5 Å². The van der Waals surface area contributed by atoms with Crippen molar-refractivity contribution in [2.24, 2.45) is 0 Å². The second-order valence-corrected chi connectivity index (χ2v) is 6.53. The molecule has 0 radical (unpaired) electrons. The highest BCUT2D eigenvalue weighted by Gasteiger charge is 2.15. The summed E-state index contributed by atoms with van der Waals surface area (Å²) >= 11 is 3.36. The molecule has 3 rings (SSSR count). The number of hydrogen-bond acceptors (Lipinski definition) is 4. The van der Waals surface area contributed by atoms with Crippen molar-refractivity contribution in [3.05, 3.63) is 86.4 Å². The average Bonchev–Trinajstić information content (AvgIpc) is 2.97. The molecule has 8 heteroatoms. The van der Waals surface area contributed by atoms with Gasteiger partial charge in [0.15, 0.2) is 0 Å². The lowest BCUT2D eigenvalue weighted by Crippen LogP contribution is -2.03. The number of nitro groups is 1. The Morgan fingerprint density at radius 3 is 2.33 bits per heavy atom. The summed E-state index contributed by atoms with van der Waals surface area (Å²) < 4.78 is 15.8. The Bertz CT molecular complexity index is 993. The predicted octanol–water partition coefficient (Wildman–Crippen LogP) is 4.74. The summed E-state index contributed by atoms with van der Waals surface area (Å²) in [6.07, 6.45) is 2.17. The highest BCUT2D eigenvalue weighted by Crippen LogP contribution is 2.27. The van der Waals surface area contributed by atoms with E-state index in [1.807, 2.05) is 23.8 Å². The van der Waals surface area contributed by atoms with E-state index < -0.39 is 0 Å². The molecule has 0 bridgehead atoms. The van der Waals surface area contributed by atoms with E-state index >= 15 is 0 Å². The van der Waals surface area contributed by atoms with Crippen LogP contribution in [-0.2, 0) is 16.1 Å². The van der Waals surface area contributed by atoms with Gasteiger partial charge in [0.05, 0.1) is 17.0 Å². The number of nitro benzene ring substituents is 1. The van der Waals surface area contributed by atoms with E-state index in [-0.39, 0.29) is 22.6 Å². The largest absolute Gasteiger partial charge is 0.373 e. The molecule has 0 saturated carbocycles. The molecule has 0 saturated heterocycles. The fourth-order valence-corrected chi connectivity index (χ4v) is 3.04. The second-order valence-electron chi connectivity index (χ2n) is 5.62. The summed E-state index contributed by atoms with van der Waals surface area (Å²) in [5.74, 6) is -0.278. The maximum absolute atomic E-state index is 13.1. The zero-order valence-electron chi connectivity index (χ0n) is 14.2. The van der Waals surface area contributed by atoms with Crippen LogP contribution in [0.2, 0.25) is 0 Å². The predicted molar refractivity (Wildman–Crippen MR) is 99.5 cm³/mol. The van der Waals surface area contributed by atoms with Crippen LogP contribution in [0.3, 0.4) is 0 Å². The molecule has 1 heterocycles. The number of benzene rings is 2. The molecule has 27 heavy (non-hydrogen) atoms. The first-order chi connectivity index (χ1) is 12.8. The first kappa shape index (κ1) is 20.2. The van der Waals surface area contributed by atoms with Gasteiger partial charge in [0.2, 0.25) is 0 Å². The molecular formula is C19H14BrFN2O4. The average molecular weight is 433 g/mol. The molecule has 0 spiro atoms. The third kappa shape index (κ3) is 5.20. The van der Waals surface area contributed by atoms with E-state index in [0.717, 1.165) is 21.3 Å². The van der Waals surface area contributed by atoms with Crippen LogP contribution in [0.15, 0.2) is 59.2 Å². The van der Waals surface area contributed by atoms with Gasteiger partial charge in [-0.1, -0.05) is 28.1 Å². The van der Waals surface area contributed by atoms with Crippen molar-refractivity contribution >= 4 is 27.8 Å². The zero-order chi connectivity index (χ0) is 20.0. The molecule has 0 aliphatic carbocycles. The van der Waals surface area contributed by atoms with Gasteiger partial charge in [0.25, 0.3) is 5.69 Å². The lowest BCUT2D eigenvalue weighted by Gasteiger charge is -2.07. The number of halogens is 2. The summed E-state index contributed by atoms with van der Waals surface area (Å²) in [5.41, 5.74) is 3.55. The molecule has 138 valence electrons. The van der Waals surface area contributed by atoms with E-state index in [0.29, 0.717) is 12.1 Å². The second kappa shape index (κ2) is 9.02. The molecule has 1 aromatic heterocycles. The van der Waals surface area contributed by atoms with E-state index in [1.54, 1.807) is 24.3 Å². The summed E-state index contributed by atoms with van der Waals surface area (Å²) in [5, 5.41) is 11.2. The van der Waals surface area contributed by atoms with Crippen LogP contribution >= 0.6 is 15.9 Å². The van der Waals surface area contributed by atoms with Crippen molar-refractivity contribution in [3.63, 3.8) is 0 Å². The van der Waals surface area contributed by atoms with Crippen molar-refractivity contribution in [2.75, 3.05) is 0 Å². The van der Waals surface area contributed by atoms with Gasteiger partial charge in [0, 0.05) is 22.4 Å². The maximum Gasteiger partial charge on any atom is 0.373 e. The van der Waals surface area contributed by atoms with Crippen molar-refractivity contribution < 1.29 is 18.9 Å². The monoisotopic (exact) mass is 432 g/mol. The quantitative estimate of drug-likeness (QED) is 0.440. The first-order valence-electron chi connectivity index (χ1n) is 7.70. The number of rotatable bonds is 4. The Morgan fingerprint density at radius 2 is 1.74 bits per heavy atom. The Balaban J connectivity index is 0.000000817. The summed E-state index contributed by atoms with van der Waals surface area (Å²) in [6.45, 7) is 2.33. The topological polar surface area (TPSA) is 82.2 Å². The molecule has 0 N–H and O–H groups in total. The standard InChI is InChI=1S/C18H14BrFN2O2.CO2/c1-12-8-14(13-2-5-17(20)6-3-13)10-21(12)11-15-9-16(19)4-7-18(15)22(23)24;2-1-3/h2-10H,11H2,1H3;. The summed E-state index contributed by atoms with van der Waals surface area (Å²) in [4.78, 5) is 27.1. The Morgan fingerprint density at radius 1 is 1.11 bits per heavy atom. The van der Waals surface area contributed by atoms with Crippen LogP contribution < -0.4 is 0 Å². The highest BCUT2D eigenvalue weighted by atomic mass is 79.9. The van der Waals surface area contributed by atoms with Crippen LogP contribution in [0.25, 0.3) is 11.1 Å². The van der Waals surface area contributed by atoms with Gasteiger partial charge in [-0.05, 0) is 48.4 Å². The molecule has 0 fully saturated rings. The minimum atomic E-state index is -0.374. The van der Waals surface area contributed by atoms with Gasteiger partial charge < -0.3 is 4.57 Å². The summed E-state index contributed by atoms with van der Waals surface area (Å²) in [6, 6.07) is 13.2. The Hall–Kier alpha value is -3.09. The lowest BCUT2D eigenvalue weighted by atomic mass is 10.1. The number of nitrogens with zero attached hydrogens (tertiary/aromatic N) is 2. The summed E-state index contributed by atoms with van der Waals surface area (Å²) in [7, 11) is 0. The van der Waals surface area contributed by atoms with Gasteiger partial charge in [0.1, 0.15) is 5.82 Å². The molecule has 2 aromatic carbocycles. The number of aryl methyl sites for hydroxylation is 1. The molecule has 3 aromatic rings. The zero-order valence-corrected chi connectivity index (χ0v) is 15.8. The third-order valence-electron chi connectivity index (χ3n) is 3.87. The number of hydrogen-bond donors (Lipinski definition) is 0. The fraction of sp³-hybridized carbons (Fsp3) is 0.105. The smallest absolute Gasteiger partial charge is 0.346 e. The lowest BCUT2D eigenvalue weighted by molar-refractivity contribution is -0.385. The van der Waals surface area contributed by atoms with Gasteiger partial charge in [-0.2, -0.15) is 9.59 Å². The highest BCUT2D eigenvalue weighted by molar-refractivity contribution is 9.10. The molecule has 6 nitrogen and oxygen atoms in total. The minimum Gasteiger partial charge on any atom is -0.346 e. The fourth-order valence-electron chi connectivity index (χ4n) is 2.63. The maximum atomic E-state index is 13.1. The Kier molecular flexibility index (Phi) is 6.76. The normalized spacial score (nSPS) is 9.89. The molecular weight excluding hydrogens is 419 g/mol. The number of carbonyl (C=O) groups excluding carboxylic acids is 2. The molecule has 0 aliphatic heterocycles. The van der Waals surface area contributed by atoms with Crippen molar-refractivity contribution in [1.82, 2.24) is 4.57 Å². The number of aromatic nitrogens is 1. The Labute approximate surface area is 162 Å². The molecule has 0 amide bonds. The van der Waals surface area contributed by atoms with E-state index in [4.69, 9.17) is 9.59 Å².